The molecule has 1 aliphatic carbocycles. The molecular weight excluding hydrogens is 373 g/mol. The average molecular weight is 395 g/mol. The first-order valence-electron chi connectivity index (χ1n) is 7.77. The van der Waals surface area contributed by atoms with Crippen LogP contribution in [0.4, 0.5) is 0 Å². The molecule has 0 aliphatic heterocycles. The van der Waals surface area contributed by atoms with Crippen molar-refractivity contribution in [2.75, 3.05) is 0 Å². The van der Waals surface area contributed by atoms with Gasteiger partial charge in [-0.3, -0.25) is 4.68 Å². The van der Waals surface area contributed by atoms with Gasteiger partial charge in [-0.15, -0.1) is 0 Å². The zero-order valence-electron chi connectivity index (χ0n) is 12.2. The second kappa shape index (κ2) is 6.92. The highest BCUT2D eigenvalue weighted by molar-refractivity contribution is 14.1. The number of nitrogens with two attached hydrogens (primary N) is 1. The molecule has 1 heterocycles. The first kappa shape index (κ1) is 15.0. The van der Waals surface area contributed by atoms with Crippen LogP contribution in [0, 0.1) is 3.57 Å². The van der Waals surface area contributed by atoms with E-state index in [9.17, 15) is 0 Å². The Morgan fingerprint density at radius 2 is 2.05 bits per heavy atom. The summed E-state index contributed by atoms with van der Waals surface area (Å²) in [6, 6.07) is 11.2. The van der Waals surface area contributed by atoms with E-state index in [0.29, 0.717) is 6.04 Å². The molecule has 1 atom stereocenters. The van der Waals surface area contributed by atoms with Gasteiger partial charge in [0.25, 0.3) is 0 Å². The van der Waals surface area contributed by atoms with Gasteiger partial charge < -0.3 is 5.73 Å². The molecule has 3 nitrogen and oxygen atoms in total. The topological polar surface area (TPSA) is 43.8 Å². The Bertz CT molecular complexity index is 587. The third-order valence-corrected chi connectivity index (χ3v) is 4.99. The lowest BCUT2D eigenvalue weighted by Gasteiger charge is -2.21. The van der Waals surface area contributed by atoms with Gasteiger partial charge in [0.1, 0.15) is 0 Å². The zero-order valence-corrected chi connectivity index (χ0v) is 14.4. The van der Waals surface area contributed by atoms with Crippen LogP contribution in [0.15, 0.2) is 36.5 Å². The van der Waals surface area contributed by atoms with Gasteiger partial charge >= 0.3 is 0 Å². The molecule has 0 bridgehead atoms. The number of aromatic nitrogens is 2. The first-order valence-corrected chi connectivity index (χ1v) is 8.85. The van der Waals surface area contributed by atoms with Crippen LogP contribution in [0.5, 0.6) is 0 Å². The lowest BCUT2D eigenvalue weighted by molar-refractivity contribution is 0.328. The number of hydrogen-bond acceptors (Lipinski definition) is 2. The van der Waals surface area contributed by atoms with E-state index >= 15 is 0 Å². The predicted molar refractivity (Wildman–Crippen MR) is 94.1 cm³/mol. The van der Waals surface area contributed by atoms with Crippen LogP contribution in [-0.4, -0.2) is 9.78 Å². The van der Waals surface area contributed by atoms with Gasteiger partial charge in [-0.1, -0.05) is 31.4 Å². The molecule has 1 aromatic carbocycles. The van der Waals surface area contributed by atoms with Crippen LogP contribution in [-0.2, 0) is 6.42 Å². The molecule has 4 heteroatoms. The van der Waals surface area contributed by atoms with Crippen molar-refractivity contribution in [3.8, 4) is 0 Å². The molecule has 0 spiro atoms. The van der Waals surface area contributed by atoms with Crippen molar-refractivity contribution in [1.82, 2.24) is 9.78 Å². The maximum absolute atomic E-state index is 6.33. The van der Waals surface area contributed by atoms with Gasteiger partial charge in [-0.2, -0.15) is 5.10 Å². The Hall–Kier alpha value is -0.880. The maximum Gasteiger partial charge on any atom is 0.0643 e. The van der Waals surface area contributed by atoms with E-state index in [-0.39, 0.29) is 6.04 Å². The molecular formula is C17H22IN3. The summed E-state index contributed by atoms with van der Waals surface area (Å²) in [7, 11) is 0. The summed E-state index contributed by atoms with van der Waals surface area (Å²) in [4.78, 5) is 0. The van der Waals surface area contributed by atoms with E-state index in [1.54, 1.807) is 0 Å². The van der Waals surface area contributed by atoms with E-state index in [1.165, 1.54) is 41.2 Å². The predicted octanol–water partition coefficient (Wildman–Crippen LogP) is 4.24. The molecule has 0 radical (unpaired) electrons. The Morgan fingerprint density at radius 1 is 1.24 bits per heavy atom. The minimum Gasteiger partial charge on any atom is -0.324 e. The summed E-state index contributed by atoms with van der Waals surface area (Å²) in [6.07, 6.45) is 9.52. The van der Waals surface area contributed by atoms with Crippen LogP contribution in [0.3, 0.4) is 0 Å². The minimum absolute atomic E-state index is 0.0226. The highest BCUT2D eigenvalue weighted by Gasteiger charge is 2.17. The average Bonchev–Trinajstić information content (AvgIpc) is 2.97. The molecule has 1 saturated carbocycles. The summed E-state index contributed by atoms with van der Waals surface area (Å²) in [6.45, 7) is 0. The molecule has 1 aromatic heterocycles. The van der Waals surface area contributed by atoms with Gasteiger partial charge in [0.15, 0.2) is 0 Å². The van der Waals surface area contributed by atoms with Crippen molar-refractivity contribution >= 4 is 22.6 Å². The first-order chi connectivity index (χ1) is 10.2. The minimum atomic E-state index is 0.0226. The number of halogens is 1. The van der Waals surface area contributed by atoms with Gasteiger partial charge in [-0.05, 0) is 59.2 Å². The van der Waals surface area contributed by atoms with Crippen molar-refractivity contribution in [1.29, 1.82) is 0 Å². The zero-order chi connectivity index (χ0) is 14.7. The molecule has 112 valence electrons. The van der Waals surface area contributed by atoms with E-state index < -0.39 is 0 Å². The Labute approximate surface area is 140 Å². The van der Waals surface area contributed by atoms with Crippen LogP contribution in [0.2, 0.25) is 0 Å². The second-order valence-corrected chi connectivity index (χ2v) is 7.19. The summed E-state index contributed by atoms with van der Waals surface area (Å²) in [5.41, 5.74) is 8.62. The third-order valence-electron chi connectivity index (χ3n) is 4.32. The van der Waals surface area contributed by atoms with E-state index in [4.69, 9.17) is 10.8 Å². The van der Waals surface area contributed by atoms with Crippen molar-refractivity contribution in [3.63, 3.8) is 0 Å². The van der Waals surface area contributed by atoms with Crippen LogP contribution >= 0.6 is 22.6 Å². The molecule has 2 N–H and O–H groups in total. The smallest absolute Gasteiger partial charge is 0.0643 e. The fourth-order valence-electron chi connectivity index (χ4n) is 3.12. The Morgan fingerprint density at radius 3 is 2.81 bits per heavy atom. The molecule has 1 fully saturated rings. The van der Waals surface area contributed by atoms with Gasteiger partial charge in [0, 0.05) is 22.2 Å². The third kappa shape index (κ3) is 3.86. The fraction of sp³-hybridized carbons (Fsp3) is 0.471. The van der Waals surface area contributed by atoms with Crippen molar-refractivity contribution in [2.24, 2.45) is 5.73 Å². The fourth-order valence-corrected chi connectivity index (χ4v) is 3.68. The van der Waals surface area contributed by atoms with Crippen molar-refractivity contribution in [3.05, 3.63) is 51.4 Å². The van der Waals surface area contributed by atoms with Crippen LogP contribution in [0.25, 0.3) is 0 Å². The largest absolute Gasteiger partial charge is 0.324 e. The Balaban J connectivity index is 1.66. The quantitative estimate of drug-likeness (QED) is 0.788. The number of nitrogens with zero attached hydrogens (tertiary/aromatic N) is 2. The standard InChI is InChI=1S/C17H22IN3/c18-14-6-4-5-13(11-14)17(19)12-15-9-10-21(20-15)16-7-2-1-3-8-16/h4-6,9-11,16-17H,1-3,7-8,12,19H2. The summed E-state index contributed by atoms with van der Waals surface area (Å²) < 4.78 is 3.39. The van der Waals surface area contributed by atoms with Gasteiger partial charge in [0.2, 0.25) is 0 Å². The lowest BCUT2D eigenvalue weighted by Crippen LogP contribution is -2.16. The lowest BCUT2D eigenvalue weighted by atomic mass is 9.96. The summed E-state index contributed by atoms with van der Waals surface area (Å²) >= 11 is 2.33. The van der Waals surface area contributed by atoms with E-state index in [2.05, 4.69) is 63.8 Å². The second-order valence-electron chi connectivity index (χ2n) is 5.94. The van der Waals surface area contributed by atoms with E-state index in [1.807, 2.05) is 0 Å². The van der Waals surface area contributed by atoms with Crippen molar-refractivity contribution in [2.45, 2.75) is 50.6 Å². The highest BCUT2D eigenvalue weighted by atomic mass is 127. The molecule has 1 unspecified atom stereocenters. The highest BCUT2D eigenvalue weighted by Crippen LogP contribution is 2.27. The molecule has 0 saturated heterocycles. The Kier molecular flexibility index (Phi) is 4.95. The number of hydrogen-bond donors (Lipinski definition) is 1. The molecule has 1 aliphatic rings. The van der Waals surface area contributed by atoms with Gasteiger partial charge in [-0.25, -0.2) is 0 Å². The van der Waals surface area contributed by atoms with Crippen molar-refractivity contribution < 1.29 is 0 Å². The monoisotopic (exact) mass is 395 g/mol. The molecule has 0 amide bonds. The van der Waals surface area contributed by atoms with Crippen LogP contribution in [0.1, 0.15) is 55.4 Å². The molecule has 2 aromatic rings. The van der Waals surface area contributed by atoms with E-state index in [0.717, 1.165) is 12.1 Å². The number of benzene rings is 1. The maximum atomic E-state index is 6.33. The summed E-state index contributed by atoms with van der Waals surface area (Å²) in [5, 5.41) is 4.76. The molecule has 21 heavy (non-hydrogen) atoms. The summed E-state index contributed by atoms with van der Waals surface area (Å²) in [5.74, 6) is 0. The molecule has 3 rings (SSSR count). The SMILES string of the molecule is NC(Cc1ccn(C2CCCCC2)n1)c1cccc(I)c1. The van der Waals surface area contributed by atoms with Crippen LogP contribution < -0.4 is 5.73 Å². The van der Waals surface area contributed by atoms with Gasteiger partial charge in [0.05, 0.1) is 11.7 Å². The normalized spacial score (nSPS) is 17.8. The number of rotatable bonds is 4.